The molecule has 2 rings (SSSR count). The normalized spacial score (nSPS) is 12.9. The molecule has 0 amide bonds. The van der Waals surface area contributed by atoms with Gasteiger partial charge in [0.25, 0.3) is 0 Å². The summed E-state index contributed by atoms with van der Waals surface area (Å²) in [7, 11) is 4.41. The molecule has 0 saturated heterocycles. The second-order valence-corrected chi connectivity index (χ2v) is 6.64. The predicted octanol–water partition coefficient (Wildman–Crippen LogP) is 1.31. The zero-order valence-electron chi connectivity index (χ0n) is 17.0. The van der Waals surface area contributed by atoms with E-state index in [4.69, 9.17) is 19.6 Å². The van der Waals surface area contributed by atoms with Crippen molar-refractivity contribution in [2.75, 3.05) is 20.7 Å². The van der Waals surface area contributed by atoms with E-state index >= 15 is 0 Å². The van der Waals surface area contributed by atoms with E-state index in [1.54, 1.807) is 14.1 Å². The van der Waals surface area contributed by atoms with Crippen LogP contribution in [0.25, 0.3) is 11.1 Å². The quantitative estimate of drug-likeness (QED) is 0.363. The number of rotatable bonds is 13. The second-order valence-electron chi connectivity index (χ2n) is 6.64. The molecule has 0 unspecified atom stereocenters. The molecule has 159 valence electrons. The summed E-state index contributed by atoms with van der Waals surface area (Å²) < 4.78 is 10.8. The third-order valence-electron chi connectivity index (χ3n) is 4.50. The third kappa shape index (κ3) is 7.27. The molecule has 0 aliphatic carbocycles. The molecule has 0 aliphatic rings. The number of carboxylic acid groups (broad SMARTS) is 2. The van der Waals surface area contributed by atoms with Crippen LogP contribution in [-0.4, -0.2) is 62.3 Å². The third-order valence-corrected chi connectivity index (χ3v) is 4.50. The molecular weight excluding hydrogens is 387 g/mol. The van der Waals surface area contributed by atoms with Crippen molar-refractivity contribution in [3.05, 3.63) is 59.7 Å². The molecule has 30 heavy (non-hydrogen) atoms. The minimum Gasteiger partial charge on any atom is -0.481 e. The average Bonchev–Trinajstić information content (AvgIpc) is 2.74. The minimum atomic E-state index is -0.995. The number of hydrogen-bond donors (Lipinski definition) is 4. The van der Waals surface area contributed by atoms with Crippen LogP contribution in [0.1, 0.15) is 11.1 Å². The Hall–Kier alpha value is -2.72. The van der Waals surface area contributed by atoms with Gasteiger partial charge in [0.1, 0.15) is 12.0 Å². The van der Waals surface area contributed by atoms with Gasteiger partial charge in [-0.3, -0.25) is 9.59 Å². The van der Waals surface area contributed by atoms with Gasteiger partial charge in [-0.1, -0.05) is 48.5 Å². The first kappa shape index (κ1) is 23.6. The fraction of sp³-hybridized carbons (Fsp3) is 0.333. The Morgan fingerprint density at radius 2 is 1.40 bits per heavy atom. The summed E-state index contributed by atoms with van der Waals surface area (Å²) >= 11 is 0. The number of nitrogens with one attached hydrogen (secondary N) is 2. The van der Waals surface area contributed by atoms with Gasteiger partial charge in [0.2, 0.25) is 0 Å². The van der Waals surface area contributed by atoms with E-state index in [1.807, 2.05) is 48.5 Å². The van der Waals surface area contributed by atoms with Crippen LogP contribution in [0.2, 0.25) is 0 Å². The van der Waals surface area contributed by atoms with Gasteiger partial charge in [-0.2, -0.15) is 0 Å². The number of aliphatic carboxylic acids is 2. The molecule has 0 aliphatic heterocycles. The molecule has 0 saturated carbocycles. The van der Waals surface area contributed by atoms with E-state index in [-0.39, 0.29) is 13.2 Å². The van der Waals surface area contributed by atoms with Gasteiger partial charge >= 0.3 is 19.4 Å². The molecule has 2 atom stereocenters. The van der Waals surface area contributed by atoms with Gasteiger partial charge in [0.15, 0.2) is 0 Å². The Labute approximate surface area is 176 Å². The van der Waals surface area contributed by atoms with Crippen molar-refractivity contribution >= 4 is 19.4 Å². The number of ether oxygens (including phenoxy) is 1. The van der Waals surface area contributed by atoms with E-state index in [2.05, 4.69) is 10.6 Å². The predicted molar refractivity (Wildman–Crippen MR) is 113 cm³/mol. The highest BCUT2D eigenvalue weighted by molar-refractivity contribution is 6.36. The fourth-order valence-corrected chi connectivity index (χ4v) is 2.65. The van der Waals surface area contributed by atoms with Crippen molar-refractivity contribution in [2.45, 2.75) is 25.2 Å². The minimum absolute atomic E-state index is 0.0933. The first-order valence-electron chi connectivity index (χ1n) is 9.45. The number of carbonyl (C=O) groups is 2. The Kier molecular flexibility index (Phi) is 9.49. The standard InChI is InChI=1S/C21H26BN2O6/c1-23-18(20(25)26)13-29-11-14-3-7-16(8-4-14)17-9-5-15(6-10-17)12-30-22-19(24-2)21(27)28/h3-10,18-19,23-24H,11-13H2,1-2H3,(H,25,26)(H,27,28)/t18-,19+/m0/s1. The highest BCUT2D eigenvalue weighted by Gasteiger charge is 2.17. The lowest BCUT2D eigenvalue weighted by Crippen LogP contribution is -2.40. The lowest BCUT2D eigenvalue weighted by molar-refractivity contribution is -0.141. The molecular formula is C21H26BN2O6. The summed E-state index contributed by atoms with van der Waals surface area (Å²) in [6.45, 7) is 0.713. The van der Waals surface area contributed by atoms with Gasteiger partial charge in [-0.15, -0.1) is 0 Å². The van der Waals surface area contributed by atoms with Crippen molar-refractivity contribution in [3.63, 3.8) is 0 Å². The molecule has 0 bridgehead atoms. The summed E-state index contributed by atoms with van der Waals surface area (Å²) in [5.74, 6) is -2.78. The topological polar surface area (TPSA) is 117 Å². The maximum absolute atomic E-state index is 10.9. The maximum Gasteiger partial charge on any atom is 0.323 e. The van der Waals surface area contributed by atoms with E-state index in [0.29, 0.717) is 6.61 Å². The van der Waals surface area contributed by atoms with Gasteiger partial charge in [0, 0.05) is 0 Å². The van der Waals surface area contributed by atoms with Crippen LogP contribution >= 0.6 is 0 Å². The molecule has 4 N–H and O–H groups in total. The average molecular weight is 413 g/mol. The zero-order valence-corrected chi connectivity index (χ0v) is 17.0. The van der Waals surface area contributed by atoms with E-state index in [9.17, 15) is 9.59 Å². The first-order valence-corrected chi connectivity index (χ1v) is 9.45. The molecule has 8 nitrogen and oxygen atoms in total. The van der Waals surface area contributed by atoms with E-state index in [0.717, 1.165) is 22.3 Å². The molecule has 0 heterocycles. The van der Waals surface area contributed by atoms with Crippen molar-refractivity contribution in [3.8, 4) is 11.1 Å². The van der Waals surface area contributed by atoms with E-state index < -0.39 is 23.9 Å². The molecule has 9 heteroatoms. The summed E-state index contributed by atoms with van der Waals surface area (Å²) in [4.78, 5) is 21.9. The van der Waals surface area contributed by atoms with E-state index in [1.165, 1.54) is 7.48 Å². The van der Waals surface area contributed by atoms with Crippen LogP contribution in [0.3, 0.4) is 0 Å². The molecule has 0 aromatic heterocycles. The summed E-state index contributed by atoms with van der Waals surface area (Å²) in [6.07, 6.45) is 0. The Morgan fingerprint density at radius 1 is 0.867 bits per heavy atom. The lowest BCUT2D eigenvalue weighted by atomic mass is 9.88. The Morgan fingerprint density at radius 3 is 1.83 bits per heavy atom. The van der Waals surface area contributed by atoms with Crippen LogP contribution < -0.4 is 10.6 Å². The van der Waals surface area contributed by atoms with Gasteiger partial charge in [-0.05, 0) is 36.3 Å². The van der Waals surface area contributed by atoms with Crippen molar-refractivity contribution in [1.29, 1.82) is 0 Å². The van der Waals surface area contributed by atoms with Gasteiger partial charge in [0.05, 0.1) is 19.8 Å². The number of benzene rings is 2. The van der Waals surface area contributed by atoms with Crippen LogP contribution in [-0.2, 0) is 32.2 Å². The Bertz CT molecular complexity index is 744. The smallest absolute Gasteiger partial charge is 0.323 e. The highest BCUT2D eigenvalue weighted by Crippen LogP contribution is 2.21. The molecule has 2 aromatic carbocycles. The molecule has 1 radical (unpaired) electrons. The summed E-state index contributed by atoms with van der Waals surface area (Å²) in [5.41, 5.74) is 3.96. The molecule has 2 aromatic rings. The van der Waals surface area contributed by atoms with Crippen molar-refractivity contribution < 1.29 is 29.2 Å². The summed E-state index contributed by atoms with van der Waals surface area (Å²) in [5, 5.41) is 23.2. The zero-order chi connectivity index (χ0) is 21.9. The summed E-state index contributed by atoms with van der Waals surface area (Å²) in [6, 6.07) is 14.9. The number of carboxylic acids is 2. The monoisotopic (exact) mass is 413 g/mol. The SMILES string of the molecule is CN[C@@H]([B]OCc1ccc(-c2ccc(COC[C@H](NC)C(=O)O)cc2)cc1)C(=O)O. The number of hydrogen-bond acceptors (Lipinski definition) is 6. The van der Waals surface area contributed by atoms with Crippen LogP contribution in [0.15, 0.2) is 48.5 Å². The van der Waals surface area contributed by atoms with Crippen molar-refractivity contribution in [2.24, 2.45) is 0 Å². The second kappa shape index (κ2) is 12.1. The van der Waals surface area contributed by atoms with Crippen LogP contribution in [0.4, 0.5) is 0 Å². The molecule has 0 spiro atoms. The van der Waals surface area contributed by atoms with Gasteiger partial charge < -0.3 is 30.2 Å². The maximum atomic E-state index is 10.9. The Balaban J connectivity index is 1.84. The molecule has 0 fully saturated rings. The van der Waals surface area contributed by atoms with Gasteiger partial charge in [-0.25, -0.2) is 0 Å². The van der Waals surface area contributed by atoms with Crippen LogP contribution in [0.5, 0.6) is 0 Å². The fourth-order valence-electron chi connectivity index (χ4n) is 2.65. The van der Waals surface area contributed by atoms with Crippen molar-refractivity contribution in [1.82, 2.24) is 10.6 Å². The largest absolute Gasteiger partial charge is 0.481 e. The van der Waals surface area contributed by atoms with Crippen LogP contribution in [0, 0.1) is 0 Å². The lowest BCUT2D eigenvalue weighted by Gasteiger charge is -2.12. The first-order chi connectivity index (χ1) is 14.4. The highest BCUT2D eigenvalue weighted by atomic mass is 16.5. The number of likely N-dealkylation sites (N-methyl/N-ethyl adjacent to an activating group) is 2.